The van der Waals surface area contributed by atoms with Crippen molar-refractivity contribution in [2.75, 3.05) is 19.7 Å². The van der Waals surface area contributed by atoms with Crippen molar-refractivity contribution in [3.05, 3.63) is 35.3 Å². The van der Waals surface area contributed by atoms with Crippen LogP contribution in [0.3, 0.4) is 0 Å². The Morgan fingerprint density at radius 1 is 1.26 bits per heavy atom. The fourth-order valence-corrected chi connectivity index (χ4v) is 3.34. The second-order valence-corrected chi connectivity index (χ2v) is 8.70. The minimum Gasteiger partial charge on any atom is -0.476 e. The third kappa shape index (κ3) is 4.12. The number of likely N-dealkylation sites (tertiary alicyclic amines) is 1. The molecular formula is C20H27N5O2. The molecular weight excluding hydrogens is 342 g/mol. The number of hydrogen-bond donors (Lipinski definition) is 1. The van der Waals surface area contributed by atoms with E-state index in [1.165, 1.54) is 12.8 Å². The normalized spacial score (nSPS) is 20.1. The maximum absolute atomic E-state index is 12.7. The highest BCUT2D eigenvalue weighted by molar-refractivity contribution is 5.92. The van der Waals surface area contributed by atoms with Gasteiger partial charge in [-0.3, -0.25) is 9.89 Å². The lowest BCUT2D eigenvalue weighted by Crippen LogP contribution is -2.29. The summed E-state index contributed by atoms with van der Waals surface area (Å²) < 4.78 is 5.79. The zero-order valence-electron chi connectivity index (χ0n) is 16.2. The Kier molecular flexibility index (Phi) is 4.61. The second-order valence-electron chi connectivity index (χ2n) is 8.70. The quantitative estimate of drug-likeness (QED) is 0.876. The van der Waals surface area contributed by atoms with Crippen molar-refractivity contribution >= 4 is 5.91 Å². The van der Waals surface area contributed by atoms with E-state index in [1.54, 1.807) is 0 Å². The van der Waals surface area contributed by atoms with Crippen LogP contribution >= 0.6 is 0 Å². The molecule has 7 nitrogen and oxygen atoms in total. The van der Waals surface area contributed by atoms with Crippen molar-refractivity contribution < 1.29 is 9.53 Å². The van der Waals surface area contributed by atoms with E-state index in [1.807, 2.05) is 23.1 Å². The van der Waals surface area contributed by atoms with Crippen molar-refractivity contribution in [2.24, 2.45) is 5.92 Å². The summed E-state index contributed by atoms with van der Waals surface area (Å²) in [5, 5.41) is 15.6. The molecule has 2 fully saturated rings. The fraction of sp³-hybridized carbons (Fsp3) is 0.600. The molecule has 2 aromatic rings. The largest absolute Gasteiger partial charge is 0.476 e. The van der Waals surface area contributed by atoms with Gasteiger partial charge >= 0.3 is 0 Å². The highest BCUT2D eigenvalue weighted by Gasteiger charge is 2.30. The monoisotopic (exact) mass is 369 g/mol. The molecule has 144 valence electrons. The smallest absolute Gasteiger partial charge is 0.274 e. The number of nitrogens with one attached hydrogen (secondary N) is 1. The van der Waals surface area contributed by atoms with Crippen molar-refractivity contribution in [1.29, 1.82) is 0 Å². The highest BCUT2D eigenvalue weighted by Crippen LogP contribution is 2.38. The van der Waals surface area contributed by atoms with Gasteiger partial charge < -0.3 is 9.64 Å². The van der Waals surface area contributed by atoms with Crippen LogP contribution in [-0.4, -0.2) is 50.9 Å². The van der Waals surface area contributed by atoms with Crippen molar-refractivity contribution in [3.8, 4) is 5.88 Å². The van der Waals surface area contributed by atoms with Gasteiger partial charge in [-0.1, -0.05) is 20.8 Å². The minimum absolute atomic E-state index is 0.0159. The van der Waals surface area contributed by atoms with Gasteiger partial charge in [-0.2, -0.15) is 10.2 Å². The van der Waals surface area contributed by atoms with Crippen LogP contribution in [0.25, 0.3) is 0 Å². The zero-order valence-corrected chi connectivity index (χ0v) is 16.2. The van der Waals surface area contributed by atoms with E-state index in [-0.39, 0.29) is 11.3 Å². The molecule has 1 saturated carbocycles. The molecule has 4 rings (SSSR count). The lowest BCUT2D eigenvalue weighted by molar-refractivity contribution is 0.0777. The van der Waals surface area contributed by atoms with E-state index in [9.17, 15) is 4.79 Å². The molecule has 0 aromatic carbocycles. The van der Waals surface area contributed by atoms with E-state index in [0.717, 1.165) is 24.4 Å². The average molecular weight is 369 g/mol. The number of nitrogens with zero attached hydrogens (tertiary/aromatic N) is 4. The predicted molar refractivity (Wildman–Crippen MR) is 101 cm³/mol. The maximum Gasteiger partial charge on any atom is 0.274 e. The Bertz CT molecular complexity index is 805. The van der Waals surface area contributed by atoms with Gasteiger partial charge in [0, 0.05) is 42.1 Å². The number of aromatic nitrogens is 4. The molecule has 0 bridgehead atoms. The lowest BCUT2D eigenvalue weighted by Gasteiger charge is -2.16. The Morgan fingerprint density at radius 3 is 2.70 bits per heavy atom. The molecule has 1 aliphatic heterocycles. The van der Waals surface area contributed by atoms with Crippen LogP contribution in [0.2, 0.25) is 0 Å². The summed E-state index contributed by atoms with van der Waals surface area (Å²) in [6.07, 6.45) is 3.36. The van der Waals surface area contributed by atoms with Crippen molar-refractivity contribution in [1.82, 2.24) is 25.3 Å². The van der Waals surface area contributed by atoms with Gasteiger partial charge in [0.25, 0.3) is 5.91 Å². The summed E-state index contributed by atoms with van der Waals surface area (Å²) in [5.74, 6) is 1.45. The molecule has 2 aliphatic rings. The van der Waals surface area contributed by atoms with E-state index >= 15 is 0 Å². The van der Waals surface area contributed by atoms with Gasteiger partial charge in [-0.05, 0) is 31.4 Å². The van der Waals surface area contributed by atoms with Crippen LogP contribution in [0.15, 0.2) is 18.2 Å². The third-order valence-electron chi connectivity index (χ3n) is 5.30. The van der Waals surface area contributed by atoms with Crippen LogP contribution in [0, 0.1) is 5.92 Å². The van der Waals surface area contributed by atoms with Gasteiger partial charge in [0.2, 0.25) is 5.88 Å². The molecule has 1 saturated heterocycles. The summed E-state index contributed by atoms with van der Waals surface area (Å²) >= 11 is 0. The van der Waals surface area contributed by atoms with E-state index in [0.29, 0.717) is 36.6 Å². The number of carbonyl (C=O) groups is 1. The molecule has 1 aliphatic carbocycles. The molecule has 7 heteroatoms. The number of carbonyl (C=O) groups excluding carboxylic acids is 1. The molecule has 0 spiro atoms. The van der Waals surface area contributed by atoms with Crippen LogP contribution in [0.5, 0.6) is 5.88 Å². The van der Waals surface area contributed by atoms with Crippen molar-refractivity contribution in [2.45, 2.75) is 51.4 Å². The number of H-pyrrole nitrogens is 1. The average Bonchev–Trinajstić information content (AvgIpc) is 3.18. The first-order valence-electron chi connectivity index (χ1n) is 9.72. The van der Waals surface area contributed by atoms with Crippen LogP contribution in [0.1, 0.15) is 67.8 Å². The van der Waals surface area contributed by atoms with E-state index in [4.69, 9.17) is 4.74 Å². The molecule has 2 aromatic heterocycles. The van der Waals surface area contributed by atoms with Gasteiger partial charge in [0.1, 0.15) is 5.69 Å². The first-order valence-corrected chi connectivity index (χ1v) is 9.72. The van der Waals surface area contributed by atoms with Crippen LogP contribution < -0.4 is 4.74 Å². The van der Waals surface area contributed by atoms with Gasteiger partial charge in [-0.15, -0.1) is 5.10 Å². The highest BCUT2D eigenvalue weighted by atomic mass is 16.5. The molecule has 3 heterocycles. The standard InChI is InChI=1S/C20H27N5O2/c1-20(2,3)17-10-16(22-23-17)19(26)25-9-8-13(11-25)12-27-18-7-6-15(21-24-18)14-4-5-14/h6-7,10,13-14H,4-5,8-9,11-12H2,1-3H3,(H,22,23). The number of hydrogen-bond acceptors (Lipinski definition) is 5. The number of ether oxygens (including phenoxy) is 1. The predicted octanol–water partition coefficient (Wildman–Crippen LogP) is 2.92. The number of amides is 1. The summed E-state index contributed by atoms with van der Waals surface area (Å²) in [7, 11) is 0. The Labute approximate surface area is 159 Å². The lowest BCUT2D eigenvalue weighted by atomic mass is 9.92. The van der Waals surface area contributed by atoms with E-state index < -0.39 is 0 Å². The molecule has 27 heavy (non-hydrogen) atoms. The van der Waals surface area contributed by atoms with E-state index in [2.05, 4.69) is 41.2 Å². The Balaban J connectivity index is 1.29. The summed E-state index contributed by atoms with van der Waals surface area (Å²) in [4.78, 5) is 14.6. The molecule has 1 atom stereocenters. The molecule has 1 N–H and O–H groups in total. The third-order valence-corrected chi connectivity index (χ3v) is 5.30. The van der Waals surface area contributed by atoms with Crippen LogP contribution in [-0.2, 0) is 5.41 Å². The zero-order chi connectivity index (χ0) is 19.0. The maximum atomic E-state index is 12.7. The summed E-state index contributed by atoms with van der Waals surface area (Å²) in [6.45, 7) is 8.25. The first-order chi connectivity index (χ1) is 12.9. The molecule has 0 radical (unpaired) electrons. The SMILES string of the molecule is CC(C)(C)c1cc(C(=O)N2CCC(COc3ccc(C4CC4)nn3)C2)n[nH]1. The Hall–Kier alpha value is -2.44. The Morgan fingerprint density at radius 2 is 2.07 bits per heavy atom. The topological polar surface area (TPSA) is 84.0 Å². The van der Waals surface area contributed by atoms with Crippen molar-refractivity contribution in [3.63, 3.8) is 0 Å². The summed E-state index contributed by atoms with van der Waals surface area (Å²) in [6, 6.07) is 5.77. The molecule has 1 unspecified atom stereocenters. The molecule has 1 amide bonds. The first kappa shape index (κ1) is 17.9. The number of rotatable bonds is 5. The number of aromatic amines is 1. The fourth-order valence-electron chi connectivity index (χ4n) is 3.34. The second kappa shape index (κ2) is 6.94. The van der Waals surface area contributed by atoms with Gasteiger partial charge in [0.05, 0.1) is 12.3 Å². The van der Waals surface area contributed by atoms with Crippen LogP contribution in [0.4, 0.5) is 0 Å². The van der Waals surface area contributed by atoms with Gasteiger partial charge in [0.15, 0.2) is 0 Å². The minimum atomic E-state index is -0.0526. The van der Waals surface area contributed by atoms with Gasteiger partial charge in [-0.25, -0.2) is 0 Å². The summed E-state index contributed by atoms with van der Waals surface area (Å²) in [5.41, 5.74) is 2.47.